The number of amides is 1. The largest absolute Gasteiger partial charge is 0.495 e. The molecule has 34 heavy (non-hydrogen) atoms. The van der Waals surface area contributed by atoms with Gasteiger partial charge in [-0.2, -0.15) is 0 Å². The maximum absolute atomic E-state index is 13.0. The molecule has 0 heterocycles. The van der Waals surface area contributed by atoms with E-state index in [4.69, 9.17) is 14.2 Å². The van der Waals surface area contributed by atoms with Crippen molar-refractivity contribution in [1.82, 2.24) is 10.0 Å². The molecule has 8 nitrogen and oxygen atoms in total. The van der Waals surface area contributed by atoms with Gasteiger partial charge in [0.2, 0.25) is 10.0 Å². The zero-order valence-electron chi connectivity index (χ0n) is 20.1. The van der Waals surface area contributed by atoms with Gasteiger partial charge in [0.25, 0.3) is 5.91 Å². The Bertz CT molecular complexity index is 1080. The lowest BCUT2D eigenvalue weighted by atomic mass is 10.1. The fourth-order valence-electron chi connectivity index (χ4n) is 4.03. The predicted octanol–water partition coefficient (Wildman–Crippen LogP) is 3.69. The van der Waals surface area contributed by atoms with Crippen LogP contribution in [0.15, 0.2) is 41.3 Å². The third-order valence-corrected chi connectivity index (χ3v) is 7.24. The van der Waals surface area contributed by atoms with Crippen LogP contribution in [0, 0.1) is 0 Å². The maximum Gasteiger partial charge on any atom is 0.251 e. The average molecular weight is 491 g/mol. The molecule has 0 bridgehead atoms. The topological polar surface area (TPSA) is 103 Å². The molecule has 1 saturated carbocycles. The number of methoxy groups -OCH3 is 1. The predicted molar refractivity (Wildman–Crippen MR) is 130 cm³/mol. The van der Waals surface area contributed by atoms with Gasteiger partial charge in [0.15, 0.2) is 11.5 Å². The summed E-state index contributed by atoms with van der Waals surface area (Å²) < 4.78 is 45.2. The molecule has 2 N–H and O–H groups in total. The minimum atomic E-state index is -3.81. The van der Waals surface area contributed by atoms with Gasteiger partial charge < -0.3 is 19.5 Å². The molecule has 186 valence electrons. The van der Waals surface area contributed by atoms with Crippen LogP contribution in [0.3, 0.4) is 0 Å². The summed E-state index contributed by atoms with van der Waals surface area (Å²) in [4.78, 5) is 12.7. The third kappa shape index (κ3) is 6.64. The van der Waals surface area contributed by atoms with Crippen molar-refractivity contribution in [3.63, 3.8) is 0 Å². The minimum Gasteiger partial charge on any atom is -0.495 e. The van der Waals surface area contributed by atoms with Crippen LogP contribution in [-0.4, -0.2) is 47.2 Å². The molecule has 0 spiro atoms. The molecule has 2 aromatic carbocycles. The van der Waals surface area contributed by atoms with E-state index in [0.29, 0.717) is 37.7 Å². The first-order valence-electron chi connectivity index (χ1n) is 11.7. The first-order valence-corrected chi connectivity index (χ1v) is 13.2. The summed E-state index contributed by atoms with van der Waals surface area (Å²) in [5.74, 6) is 1.22. The highest BCUT2D eigenvalue weighted by Gasteiger charge is 2.26. The summed E-state index contributed by atoms with van der Waals surface area (Å²) in [6.07, 6.45) is 4.24. The molecule has 1 amide bonds. The molecule has 1 fully saturated rings. The number of carbonyl (C=O) groups is 1. The molecule has 0 atom stereocenters. The van der Waals surface area contributed by atoms with Crippen molar-refractivity contribution >= 4 is 15.9 Å². The van der Waals surface area contributed by atoms with Gasteiger partial charge in [-0.1, -0.05) is 18.9 Å². The van der Waals surface area contributed by atoms with Crippen molar-refractivity contribution in [2.75, 3.05) is 26.9 Å². The number of hydrogen-bond acceptors (Lipinski definition) is 6. The van der Waals surface area contributed by atoms with Gasteiger partial charge in [0.1, 0.15) is 10.6 Å². The SMILES string of the molecule is CCOc1ccc(CCNC(=O)c2ccc(OC)c(S(=O)(=O)NC3CCCC3)c2)cc1OCC. The number of carbonyl (C=O) groups excluding carboxylic acids is 1. The zero-order chi connectivity index (χ0) is 24.6. The van der Waals surface area contributed by atoms with Crippen LogP contribution in [0.2, 0.25) is 0 Å². The summed E-state index contributed by atoms with van der Waals surface area (Å²) in [6.45, 7) is 5.28. The van der Waals surface area contributed by atoms with Crippen molar-refractivity contribution in [2.45, 2.75) is 56.9 Å². The summed E-state index contributed by atoms with van der Waals surface area (Å²) in [6, 6.07) is 10.1. The number of hydrogen-bond donors (Lipinski definition) is 2. The van der Waals surface area contributed by atoms with Crippen molar-refractivity contribution in [2.24, 2.45) is 0 Å². The van der Waals surface area contributed by atoms with E-state index in [1.54, 1.807) is 6.07 Å². The molecular weight excluding hydrogens is 456 g/mol. The molecule has 0 unspecified atom stereocenters. The average Bonchev–Trinajstić information content (AvgIpc) is 3.32. The lowest BCUT2D eigenvalue weighted by Crippen LogP contribution is -2.33. The van der Waals surface area contributed by atoms with E-state index in [2.05, 4.69) is 10.0 Å². The number of benzene rings is 2. The Morgan fingerprint density at radius 3 is 2.32 bits per heavy atom. The van der Waals surface area contributed by atoms with Crippen LogP contribution < -0.4 is 24.2 Å². The Labute approximate surface area is 202 Å². The van der Waals surface area contributed by atoms with Crippen molar-refractivity contribution in [1.29, 1.82) is 0 Å². The second-order valence-corrected chi connectivity index (χ2v) is 9.80. The Morgan fingerprint density at radius 2 is 1.65 bits per heavy atom. The molecular formula is C25H34N2O6S. The molecule has 9 heteroatoms. The van der Waals surface area contributed by atoms with Gasteiger partial charge in [0.05, 0.1) is 20.3 Å². The zero-order valence-corrected chi connectivity index (χ0v) is 20.9. The summed E-state index contributed by atoms with van der Waals surface area (Å²) >= 11 is 0. The molecule has 0 aromatic heterocycles. The van der Waals surface area contributed by atoms with Crippen molar-refractivity contribution in [3.8, 4) is 17.2 Å². The van der Waals surface area contributed by atoms with Gasteiger partial charge in [-0.3, -0.25) is 4.79 Å². The van der Waals surface area contributed by atoms with E-state index in [9.17, 15) is 13.2 Å². The summed E-state index contributed by atoms with van der Waals surface area (Å²) in [5, 5.41) is 2.86. The molecule has 1 aliphatic carbocycles. The Morgan fingerprint density at radius 1 is 0.971 bits per heavy atom. The van der Waals surface area contributed by atoms with Crippen LogP contribution in [-0.2, 0) is 16.4 Å². The van der Waals surface area contributed by atoms with Crippen LogP contribution in [0.25, 0.3) is 0 Å². The van der Waals surface area contributed by atoms with Crippen LogP contribution in [0.4, 0.5) is 0 Å². The van der Waals surface area contributed by atoms with E-state index in [-0.39, 0.29) is 28.2 Å². The Kier molecular flexibility index (Phi) is 9.18. The van der Waals surface area contributed by atoms with E-state index in [1.807, 2.05) is 32.0 Å². The molecule has 0 aliphatic heterocycles. The van der Waals surface area contributed by atoms with E-state index >= 15 is 0 Å². The highest BCUT2D eigenvalue weighted by Crippen LogP contribution is 2.29. The molecule has 2 aromatic rings. The fourth-order valence-corrected chi connectivity index (χ4v) is 5.53. The fraction of sp³-hybridized carbons (Fsp3) is 0.480. The van der Waals surface area contributed by atoms with E-state index < -0.39 is 10.0 Å². The van der Waals surface area contributed by atoms with Crippen LogP contribution >= 0.6 is 0 Å². The van der Waals surface area contributed by atoms with Crippen LogP contribution in [0.5, 0.6) is 17.2 Å². The quantitative estimate of drug-likeness (QED) is 0.470. The van der Waals surface area contributed by atoms with E-state index in [1.165, 1.54) is 19.2 Å². The van der Waals surface area contributed by atoms with Gasteiger partial charge in [-0.05, 0) is 69.0 Å². The van der Waals surface area contributed by atoms with E-state index in [0.717, 1.165) is 31.2 Å². The first-order chi connectivity index (χ1) is 16.4. The maximum atomic E-state index is 13.0. The second-order valence-electron chi connectivity index (χ2n) is 8.12. The molecule has 3 rings (SSSR count). The number of rotatable bonds is 12. The van der Waals surface area contributed by atoms with Gasteiger partial charge in [0, 0.05) is 18.2 Å². The molecule has 0 radical (unpaired) electrons. The lowest BCUT2D eigenvalue weighted by Gasteiger charge is -2.16. The van der Waals surface area contributed by atoms with Crippen LogP contribution in [0.1, 0.15) is 55.5 Å². The number of nitrogens with one attached hydrogen (secondary N) is 2. The van der Waals surface area contributed by atoms with Crippen molar-refractivity contribution in [3.05, 3.63) is 47.5 Å². The van der Waals surface area contributed by atoms with Crippen molar-refractivity contribution < 1.29 is 27.4 Å². The van der Waals surface area contributed by atoms with Gasteiger partial charge in [-0.25, -0.2) is 13.1 Å². The van der Waals surface area contributed by atoms with Gasteiger partial charge >= 0.3 is 0 Å². The lowest BCUT2D eigenvalue weighted by molar-refractivity contribution is 0.0954. The Balaban J connectivity index is 1.67. The highest BCUT2D eigenvalue weighted by molar-refractivity contribution is 7.89. The monoisotopic (exact) mass is 490 g/mol. The number of sulfonamides is 1. The number of ether oxygens (including phenoxy) is 3. The second kappa shape index (κ2) is 12.1. The summed E-state index contributed by atoms with van der Waals surface area (Å²) in [7, 11) is -2.39. The Hall–Kier alpha value is -2.78. The third-order valence-electron chi connectivity index (χ3n) is 5.70. The summed E-state index contributed by atoms with van der Waals surface area (Å²) in [5.41, 5.74) is 1.25. The standard InChI is InChI=1S/C25H34N2O6S/c1-4-32-21-12-10-18(16-23(21)33-5-2)14-15-26-25(28)19-11-13-22(31-3)24(17-19)34(29,30)27-20-8-6-7-9-20/h10-13,16-17,20,27H,4-9,14-15H2,1-3H3,(H,26,28). The first kappa shape index (κ1) is 25.8. The normalized spacial score (nSPS) is 14.1. The smallest absolute Gasteiger partial charge is 0.251 e. The minimum absolute atomic E-state index is 0.0255. The highest BCUT2D eigenvalue weighted by atomic mass is 32.2. The molecule has 1 aliphatic rings. The van der Waals surface area contributed by atoms with Gasteiger partial charge in [-0.15, -0.1) is 0 Å². The molecule has 0 saturated heterocycles.